The number of allylic oxidation sites excluding steroid dienone is 2. The van der Waals surface area contributed by atoms with Crippen molar-refractivity contribution >= 4 is 17.4 Å². The maximum absolute atomic E-state index is 13.1. The molecular formula is C20H19NO3. The maximum atomic E-state index is 13.1. The third kappa shape index (κ3) is 3.08. The molecule has 2 aromatic rings. The highest BCUT2D eigenvalue weighted by Gasteiger charge is 2.32. The Balaban J connectivity index is 2.16. The van der Waals surface area contributed by atoms with Gasteiger partial charge in [0.25, 0.3) is 0 Å². The van der Waals surface area contributed by atoms with Crippen LogP contribution in [0, 0.1) is 0 Å². The van der Waals surface area contributed by atoms with Gasteiger partial charge in [0.1, 0.15) is 6.61 Å². The first kappa shape index (κ1) is 16.0. The van der Waals surface area contributed by atoms with Crippen LogP contribution in [0.25, 0.3) is 5.57 Å². The molecule has 1 saturated heterocycles. The number of carbonyl (C=O) groups excluding carboxylic acids is 2. The lowest BCUT2D eigenvalue weighted by atomic mass is 9.96. The Labute approximate surface area is 141 Å². The number of amides is 1. The van der Waals surface area contributed by atoms with Gasteiger partial charge in [-0.15, -0.1) is 0 Å². The molecule has 0 aliphatic carbocycles. The predicted octanol–water partition coefficient (Wildman–Crippen LogP) is 4.14. The van der Waals surface area contributed by atoms with E-state index in [-0.39, 0.29) is 5.78 Å². The lowest BCUT2D eigenvalue weighted by Crippen LogP contribution is -2.29. The Hall–Kier alpha value is -2.88. The van der Waals surface area contributed by atoms with Crippen molar-refractivity contribution in [3.8, 4) is 0 Å². The number of rotatable bonds is 5. The Morgan fingerprint density at radius 1 is 1.00 bits per heavy atom. The largest absolute Gasteiger partial charge is 0.447 e. The molecule has 0 N–H and O–H groups in total. The summed E-state index contributed by atoms with van der Waals surface area (Å²) < 4.78 is 5.06. The second-order valence-corrected chi connectivity index (χ2v) is 5.51. The zero-order chi connectivity index (χ0) is 16.9. The summed E-state index contributed by atoms with van der Waals surface area (Å²) in [6.45, 7) is 2.68. The summed E-state index contributed by atoms with van der Waals surface area (Å²) in [6.07, 6.45) is 0.179. The minimum atomic E-state index is -0.462. The van der Waals surface area contributed by atoms with Gasteiger partial charge in [-0.05, 0) is 17.6 Å². The number of carbonyl (C=O) groups is 2. The van der Waals surface area contributed by atoms with Crippen molar-refractivity contribution in [2.24, 2.45) is 0 Å². The van der Waals surface area contributed by atoms with Gasteiger partial charge in [0, 0.05) is 5.56 Å². The summed E-state index contributed by atoms with van der Waals surface area (Å²) in [7, 11) is 0. The van der Waals surface area contributed by atoms with E-state index in [0.717, 1.165) is 11.1 Å². The van der Waals surface area contributed by atoms with Crippen molar-refractivity contribution in [3.63, 3.8) is 0 Å². The highest BCUT2D eigenvalue weighted by Crippen LogP contribution is 2.29. The van der Waals surface area contributed by atoms with Gasteiger partial charge >= 0.3 is 6.09 Å². The van der Waals surface area contributed by atoms with Gasteiger partial charge in [0.15, 0.2) is 0 Å². The molecule has 0 unspecified atom stereocenters. The molecular weight excluding hydrogens is 302 g/mol. The van der Waals surface area contributed by atoms with Crippen LogP contribution in [0.3, 0.4) is 0 Å². The van der Waals surface area contributed by atoms with Crippen LogP contribution in [0.15, 0.2) is 66.4 Å². The maximum Gasteiger partial charge on any atom is 0.414 e. The summed E-state index contributed by atoms with van der Waals surface area (Å²) in [5.41, 5.74) is 2.77. The van der Waals surface area contributed by atoms with Crippen molar-refractivity contribution < 1.29 is 14.3 Å². The Bertz CT molecular complexity index is 766. The highest BCUT2D eigenvalue weighted by atomic mass is 16.6. The molecule has 1 aliphatic heterocycles. The molecule has 1 amide bonds. The summed E-state index contributed by atoms with van der Waals surface area (Å²) in [6, 6.07) is 18.7. The minimum absolute atomic E-state index is 0.157. The number of ether oxygens (including phenoxy) is 1. The van der Waals surface area contributed by atoms with Crippen molar-refractivity contribution in [2.45, 2.75) is 13.3 Å². The minimum Gasteiger partial charge on any atom is -0.447 e. The van der Waals surface area contributed by atoms with Gasteiger partial charge in [0.05, 0.1) is 12.2 Å². The molecule has 1 fully saturated rings. The molecule has 2 aromatic carbocycles. The van der Waals surface area contributed by atoms with Crippen LogP contribution in [-0.4, -0.2) is 29.9 Å². The van der Waals surface area contributed by atoms with Crippen LogP contribution in [0.4, 0.5) is 4.79 Å². The van der Waals surface area contributed by atoms with Crippen LogP contribution < -0.4 is 0 Å². The summed E-state index contributed by atoms with van der Waals surface area (Å²) in [5.74, 6) is -0.157. The number of hydrogen-bond acceptors (Lipinski definition) is 3. The van der Waals surface area contributed by atoms with Crippen molar-refractivity contribution in [2.75, 3.05) is 13.2 Å². The average Bonchev–Trinajstić information content (AvgIpc) is 3.06. The first-order valence-electron chi connectivity index (χ1n) is 8.05. The summed E-state index contributed by atoms with van der Waals surface area (Å²) >= 11 is 0. The molecule has 3 rings (SSSR count). The zero-order valence-electron chi connectivity index (χ0n) is 13.6. The lowest BCUT2D eigenvalue weighted by molar-refractivity contribution is 0.0996. The third-order valence-corrected chi connectivity index (χ3v) is 4.04. The number of nitrogens with zero attached hydrogens (tertiary/aromatic N) is 1. The second kappa shape index (κ2) is 7.13. The fourth-order valence-electron chi connectivity index (χ4n) is 2.89. The van der Waals surface area contributed by atoms with E-state index in [1.165, 1.54) is 4.90 Å². The predicted molar refractivity (Wildman–Crippen MR) is 92.5 cm³/mol. The number of ketones is 1. The van der Waals surface area contributed by atoms with E-state index in [0.29, 0.717) is 30.8 Å². The van der Waals surface area contributed by atoms with Crippen LogP contribution in [-0.2, 0) is 4.74 Å². The highest BCUT2D eigenvalue weighted by molar-refractivity contribution is 6.14. The molecule has 1 heterocycles. The van der Waals surface area contributed by atoms with E-state index in [9.17, 15) is 9.59 Å². The van der Waals surface area contributed by atoms with E-state index in [1.54, 1.807) is 12.1 Å². The van der Waals surface area contributed by atoms with Crippen molar-refractivity contribution in [3.05, 3.63) is 77.5 Å². The molecule has 0 atom stereocenters. The number of hydrogen-bond donors (Lipinski definition) is 0. The number of Topliss-reactive ketones (excluding diaryl/α,β-unsaturated/α-hetero) is 1. The molecule has 1 aliphatic rings. The third-order valence-electron chi connectivity index (χ3n) is 4.04. The smallest absolute Gasteiger partial charge is 0.414 e. The second-order valence-electron chi connectivity index (χ2n) is 5.51. The fraction of sp³-hybridized carbons (Fsp3) is 0.200. The Kier molecular flexibility index (Phi) is 4.75. The quantitative estimate of drug-likeness (QED) is 0.614. The SMILES string of the molecule is CC/C(=C(\C(=O)c1ccccc1)N1CCOC1=O)c1ccccc1. The van der Waals surface area contributed by atoms with E-state index in [2.05, 4.69) is 0 Å². The molecule has 24 heavy (non-hydrogen) atoms. The Morgan fingerprint density at radius 2 is 1.58 bits per heavy atom. The van der Waals surface area contributed by atoms with Crippen molar-refractivity contribution in [1.29, 1.82) is 0 Å². The average molecular weight is 321 g/mol. The van der Waals surface area contributed by atoms with Crippen LogP contribution >= 0.6 is 0 Å². The lowest BCUT2D eigenvalue weighted by Gasteiger charge is -2.21. The van der Waals surface area contributed by atoms with Gasteiger partial charge in [-0.2, -0.15) is 0 Å². The van der Waals surface area contributed by atoms with Crippen LogP contribution in [0.2, 0.25) is 0 Å². The van der Waals surface area contributed by atoms with Crippen molar-refractivity contribution in [1.82, 2.24) is 4.90 Å². The molecule has 4 heteroatoms. The molecule has 0 bridgehead atoms. The van der Waals surface area contributed by atoms with Gasteiger partial charge in [-0.3, -0.25) is 9.69 Å². The van der Waals surface area contributed by atoms with Gasteiger partial charge in [0.2, 0.25) is 5.78 Å². The van der Waals surface area contributed by atoms with E-state index in [4.69, 9.17) is 4.74 Å². The van der Waals surface area contributed by atoms with Gasteiger partial charge in [-0.1, -0.05) is 67.6 Å². The Morgan fingerprint density at radius 3 is 2.08 bits per heavy atom. The standard InChI is InChI=1S/C20H19NO3/c1-2-17(15-9-5-3-6-10-15)18(21-13-14-24-20(21)23)19(22)16-11-7-4-8-12-16/h3-12H,2,13-14H2,1H3/b18-17-. The zero-order valence-corrected chi connectivity index (χ0v) is 13.6. The normalized spacial score (nSPS) is 15.0. The molecule has 122 valence electrons. The first-order valence-corrected chi connectivity index (χ1v) is 8.05. The molecule has 0 radical (unpaired) electrons. The van der Waals surface area contributed by atoms with Gasteiger partial charge < -0.3 is 4.74 Å². The van der Waals surface area contributed by atoms with Crippen LogP contribution in [0.5, 0.6) is 0 Å². The topological polar surface area (TPSA) is 46.6 Å². The first-order chi connectivity index (χ1) is 11.7. The van der Waals surface area contributed by atoms with E-state index in [1.807, 2.05) is 55.5 Å². The number of benzene rings is 2. The monoisotopic (exact) mass is 321 g/mol. The van der Waals surface area contributed by atoms with E-state index < -0.39 is 6.09 Å². The molecule has 0 spiro atoms. The summed E-state index contributed by atoms with van der Waals surface area (Å²) in [4.78, 5) is 26.7. The summed E-state index contributed by atoms with van der Waals surface area (Å²) in [5, 5.41) is 0. The molecule has 0 saturated carbocycles. The van der Waals surface area contributed by atoms with Gasteiger partial charge in [-0.25, -0.2) is 4.79 Å². The number of cyclic esters (lactones) is 1. The molecule has 4 nitrogen and oxygen atoms in total. The molecule has 0 aromatic heterocycles. The fourth-order valence-corrected chi connectivity index (χ4v) is 2.89. The van der Waals surface area contributed by atoms with E-state index >= 15 is 0 Å². The van der Waals surface area contributed by atoms with Crippen LogP contribution in [0.1, 0.15) is 29.3 Å².